The molecule has 3 atom stereocenters. The van der Waals surface area contributed by atoms with Crippen molar-refractivity contribution in [3.8, 4) is 0 Å². The molecule has 3 fully saturated rings. The van der Waals surface area contributed by atoms with Gasteiger partial charge >= 0.3 is 0 Å². The SMILES string of the molecule is NCCC1CCN(C(=O)C2CC3CCC2C3)CC1. The van der Waals surface area contributed by atoms with Crippen molar-refractivity contribution in [2.45, 2.75) is 44.9 Å². The van der Waals surface area contributed by atoms with E-state index >= 15 is 0 Å². The van der Waals surface area contributed by atoms with Crippen molar-refractivity contribution >= 4 is 5.91 Å². The molecule has 0 aromatic heterocycles. The summed E-state index contributed by atoms with van der Waals surface area (Å²) >= 11 is 0. The highest BCUT2D eigenvalue weighted by atomic mass is 16.2. The number of carbonyl (C=O) groups excluding carboxylic acids is 1. The molecule has 0 aromatic carbocycles. The summed E-state index contributed by atoms with van der Waals surface area (Å²) in [5.74, 6) is 3.23. The standard InChI is InChI=1S/C15H26N2O/c16-6-3-11-4-7-17(8-5-11)15(18)14-10-12-1-2-13(14)9-12/h11-14H,1-10,16H2. The predicted octanol–water partition coefficient (Wildman–Crippen LogP) is 2.01. The molecule has 3 nitrogen and oxygen atoms in total. The van der Waals surface area contributed by atoms with Gasteiger partial charge in [-0.3, -0.25) is 4.79 Å². The van der Waals surface area contributed by atoms with Crippen LogP contribution < -0.4 is 5.73 Å². The summed E-state index contributed by atoms with van der Waals surface area (Å²) in [7, 11) is 0. The van der Waals surface area contributed by atoms with Gasteiger partial charge < -0.3 is 10.6 Å². The van der Waals surface area contributed by atoms with Crippen LogP contribution in [0.15, 0.2) is 0 Å². The molecular formula is C15H26N2O. The highest BCUT2D eigenvalue weighted by Gasteiger charge is 2.44. The number of nitrogens with zero attached hydrogens (tertiary/aromatic N) is 1. The summed E-state index contributed by atoms with van der Waals surface area (Å²) in [6.45, 7) is 2.76. The van der Waals surface area contributed by atoms with Gasteiger partial charge in [0.15, 0.2) is 0 Å². The Bertz CT molecular complexity index is 310. The van der Waals surface area contributed by atoms with Gasteiger partial charge in [0, 0.05) is 19.0 Å². The van der Waals surface area contributed by atoms with Crippen molar-refractivity contribution in [2.75, 3.05) is 19.6 Å². The van der Waals surface area contributed by atoms with Crippen molar-refractivity contribution in [2.24, 2.45) is 29.4 Å². The second-order valence-corrected chi connectivity index (χ2v) is 6.63. The van der Waals surface area contributed by atoms with Crippen LogP contribution in [0.3, 0.4) is 0 Å². The van der Waals surface area contributed by atoms with Crippen LogP contribution in [0.1, 0.15) is 44.9 Å². The van der Waals surface area contributed by atoms with Gasteiger partial charge in [-0.15, -0.1) is 0 Å². The molecule has 3 unspecified atom stereocenters. The van der Waals surface area contributed by atoms with Crippen molar-refractivity contribution in [3.63, 3.8) is 0 Å². The molecule has 1 saturated heterocycles. The Kier molecular flexibility index (Phi) is 3.60. The zero-order chi connectivity index (χ0) is 12.5. The topological polar surface area (TPSA) is 46.3 Å². The predicted molar refractivity (Wildman–Crippen MR) is 71.9 cm³/mol. The van der Waals surface area contributed by atoms with E-state index < -0.39 is 0 Å². The highest BCUT2D eigenvalue weighted by Crippen LogP contribution is 2.49. The lowest BCUT2D eigenvalue weighted by molar-refractivity contribution is -0.138. The van der Waals surface area contributed by atoms with Gasteiger partial charge in [-0.1, -0.05) is 6.42 Å². The third-order valence-electron chi connectivity index (χ3n) is 5.56. The molecule has 3 rings (SSSR count). The molecule has 0 radical (unpaired) electrons. The first-order valence-corrected chi connectivity index (χ1v) is 7.76. The minimum absolute atomic E-state index is 0.384. The monoisotopic (exact) mass is 250 g/mol. The number of piperidine rings is 1. The molecule has 1 aliphatic heterocycles. The number of carbonyl (C=O) groups is 1. The Morgan fingerprint density at radius 3 is 2.44 bits per heavy atom. The molecule has 1 amide bonds. The zero-order valence-corrected chi connectivity index (χ0v) is 11.3. The van der Waals surface area contributed by atoms with Gasteiger partial charge in [0.2, 0.25) is 5.91 Å². The van der Waals surface area contributed by atoms with E-state index in [9.17, 15) is 4.79 Å². The van der Waals surface area contributed by atoms with Crippen LogP contribution in [-0.2, 0) is 4.79 Å². The molecule has 2 N–H and O–H groups in total. The average molecular weight is 250 g/mol. The lowest BCUT2D eigenvalue weighted by Gasteiger charge is -2.35. The third-order valence-corrected chi connectivity index (χ3v) is 5.56. The Morgan fingerprint density at radius 1 is 1.11 bits per heavy atom. The number of hydrogen-bond donors (Lipinski definition) is 1. The summed E-state index contributed by atoms with van der Waals surface area (Å²) in [6, 6.07) is 0. The van der Waals surface area contributed by atoms with Crippen molar-refractivity contribution < 1.29 is 4.79 Å². The van der Waals surface area contributed by atoms with Gasteiger partial charge in [0.05, 0.1) is 0 Å². The van der Waals surface area contributed by atoms with E-state index in [4.69, 9.17) is 5.73 Å². The van der Waals surface area contributed by atoms with Crippen molar-refractivity contribution in [3.05, 3.63) is 0 Å². The maximum atomic E-state index is 12.6. The van der Waals surface area contributed by atoms with Crippen molar-refractivity contribution in [1.29, 1.82) is 0 Å². The maximum Gasteiger partial charge on any atom is 0.225 e. The summed E-state index contributed by atoms with van der Waals surface area (Å²) in [5, 5.41) is 0. The average Bonchev–Trinajstić information content (AvgIpc) is 3.01. The molecule has 2 saturated carbocycles. The Balaban J connectivity index is 1.52. The van der Waals surface area contributed by atoms with Gasteiger partial charge in [0.1, 0.15) is 0 Å². The van der Waals surface area contributed by atoms with Crippen LogP contribution in [0, 0.1) is 23.7 Å². The van der Waals surface area contributed by atoms with Crippen LogP contribution in [0.5, 0.6) is 0 Å². The zero-order valence-electron chi connectivity index (χ0n) is 11.3. The van der Waals surface area contributed by atoms with E-state index in [1.54, 1.807) is 0 Å². The van der Waals surface area contributed by atoms with Gasteiger partial charge in [-0.2, -0.15) is 0 Å². The first-order chi connectivity index (χ1) is 8.78. The third kappa shape index (κ3) is 2.29. The molecule has 18 heavy (non-hydrogen) atoms. The van der Waals surface area contributed by atoms with E-state index in [-0.39, 0.29) is 0 Å². The van der Waals surface area contributed by atoms with E-state index in [1.165, 1.54) is 38.5 Å². The quantitative estimate of drug-likeness (QED) is 0.833. The van der Waals surface area contributed by atoms with E-state index in [0.717, 1.165) is 43.8 Å². The number of likely N-dealkylation sites (tertiary alicyclic amines) is 1. The van der Waals surface area contributed by atoms with E-state index in [2.05, 4.69) is 4.90 Å². The number of amides is 1. The van der Waals surface area contributed by atoms with Gasteiger partial charge in [-0.05, 0) is 62.8 Å². The van der Waals surface area contributed by atoms with Crippen LogP contribution in [0.25, 0.3) is 0 Å². The molecule has 2 bridgehead atoms. The lowest BCUT2D eigenvalue weighted by atomic mass is 9.86. The highest BCUT2D eigenvalue weighted by molar-refractivity contribution is 5.79. The number of rotatable bonds is 3. The summed E-state index contributed by atoms with van der Waals surface area (Å²) < 4.78 is 0. The molecule has 1 heterocycles. The van der Waals surface area contributed by atoms with Crippen LogP contribution in [-0.4, -0.2) is 30.4 Å². The number of nitrogens with two attached hydrogens (primary N) is 1. The summed E-state index contributed by atoms with van der Waals surface area (Å²) in [4.78, 5) is 14.7. The molecule has 0 aromatic rings. The van der Waals surface area contributed by atoms with Crippen LogP contribution >= 0.6 is 0 Å². The Labute approximate surface area is 110 Å². The van der Waals surface area contributed by atoms with Crippen LogP contribution in [0.4, 0.5) is 0 Å². The molecule has 3 aliphatic rings. The maximum absolute atomic E-state index is 12.6. The second-order valence-electron chi connectivity index (χ2n) is 6.63. The van der Waals surface area contributed by atoms with E-state index in [0.29, 0.717) is 11.8 Å². The smallest absolute Gasteiger partial charge is 0.225 e. The molecular weight excluding hydrogens is 224 g/mol. The summed E-state index contributed by atoms with van der Waals surface area (Å²) in [6.07, 6.45) is 8.69. The first-order valence-electron chi connectivity index (χ1n) is 7.76. The Hall–Kier alpha value is -0.570. The fourth-order valence-electron chi connectivity index (χ4n) is 4.46. The minimum atomic E-state index is 0.384. The van der Waals surface area contributed by atoms with Crippen LogP contribution in [0.2, 0.25) is 0 Å². The lowest BCUT2D eigenvalue weighted by Crippen LogP contribution is -2.43. The number of fused-ring (bicyclic) bond motifs is 2. The first kappa shape index (κ1) is 12.5. The fourth-order valence-corrected chi connectivity index (χ4v) is 4.46. The fraction of sp³-hybridized carbons (Fsp3) is 0.933. The van der Waals surface area contributed by atoms with Crippen molar-refractivity contribution in [1.82, 2.24) is 4.90 Å². The molecule has 0 spiro atoms. The van der Waals surface area contributed by atoms with E-state index in [1.807, 2.05) is 0 Å². The molecule has 3 heteroatoms. The largest absolute Gasteiger partial charge is 0.342 e. The molecule has 2 aliphatic carbocycles. The second kappa shape index (κ2) is 5.20. The van der Waals surface area contributed by atoms with Gasteiger partial charge in [0.25, 0.3) is 0 Å². The van der Waals surface area contributed by atoms with Gasteiger partial charge in [-0.25, -0.2) is 0 Å². The minimum Gasteiger partial charge on any atom is -0.342 e. The Morgan fingerprint density at radius 2 is 1.89 bits per heavy atom. The summed E-state index contributed by atoms with van der Waals surface area (Å²) in [5.41, 5.74) is 5.61. The normalized spacial score (nSPS) is 36.3. The molecule has 102 valence electrons. The number of hydrogen-bond acceptors (Lipinski definition) is 2.